The first-order chi connectivity index (χ1) is 11.2. The second-order valence-electron chi connectivity index (χ2n) is 5.58. The van der Waals surface area contributed by atoms with Crippen molar-refractivity contribution in [1.82, 2.24) is 5.32 Å². The van der Waals surface area contributed by atoms with Gasteiger partial charge < -0.3 is 15.8 Å². The number of hydrogen-bond donors (Lipinski definition) is 2. The third-order valence-electron chi connectivity index (χ3n) is 4.02. The van der Waals surface area contributed by atoms with Gasteiger partial charge in [0.1, 0.15) is 0 Å². The summed E-state index contributed by atoms with van der Waals surface area (Å²) in [6, 6.07) is 15.4. The summed E-state index contributed by atoms with van der Waals surface area (Å²) < 4.78 is 5.71. The summed E-state index contributed by atoms with van der Waals surface area (Å²) in [5.41, 5.74) is 8.44. The summed E-state index contributed by atoms with van der Waals surface area (Å²) in [6.07, 6.45) is 0.142. The molecule has 4 nitrogen and oxygen atoms in total. The highest BCUT2D eigenvalue weighted by Gasteiger charge is 2.27. The summed E-state index contributed by atoms with van der Waals surface area (Å²) in [5.74, 6) is -0.136. The number of hydrogen-bond acceptors (Lipinski definition) is 3. The van der Waals surface area contributed by atoms with E-state index in [1.165, 1.54) is 0 Å². The Bertz CT molecular complexity index is 688. The van der Waals surface area contributed by atoms with E-state index in [1.54, 1.807) is 0 Å². The third kappa shape index (κ3) is 3.55. The van der Waals surface area contributed by atoms with Crippen LogP contribution in [-0.2, 0) is 9.53 Å². The van der Waals surface area contributed by atoms with E-state index >= 15 is 0 Å². The summed E-state index contributed by atoms with van der Waals surface area (Å²) in [4.78, 5) is 12.3. The van der Waals surface area contributed by atoms with Gasteiger partial charge >= 0.3 is 0 Å². The molecule has 120 valence electrons. The van der Waals surface area contributed by atoms with E-state index < -0.39 is 6.10 Å². The topological polar surface area (TPSA) is 64.3 Å². The smallest absolute Gasteiger partial charge is 0.254 e. The van der Waals surface area contributed by atoms with Crippen molar-refractivity contribution in [2.75, 3.05) is 13.2 Å². The third-order valence-corrected chi connectivity index (χ3v) is 4.35. The van der Waals surface area contributed by atoms with E-state index in [1.807, 2.05) is 48.5 Å². The Labute approximate surface area is 140 Å². The monoisotopic (exact) mass is 330 g/mol. The van der Waals surface area contributed by atoms with Gasteiger partial charge in [-0.3, -0.25) is 4.79 Å². The largest absolute Gasteiger partial charge is 0.364 e. The fraction of sp³-hybridized carbons (Fsp3) is 0.278. The fourth-order valence-electron chi connectivity index (χ4n) is 2.71. The molecule has 0 aliphatic carbocycles. The number of carbonyl (C=O) groups is 1. The first kappa shape index (κ1) is 16.0. The molecular formula is C18H19ClN2O2. The van der Waals surface area contributed by atoms with Crippen LogP contribution in [0.4, 0.5) is 0 Å². The maximum absolute atomic E-state index is 12.3. The molecule has 1 fully saturated rings. The second kappa shape index (κ2) is 7.13. The van der Waals surface area contributed by atoms with Gasteiger partial charge in [0.2, 0.25) is 0 Å². The number of benzene rings is 2. The highest BCUT2D eigenvalue weighted by Crippen LogP contribution is 2.29. The average molecular weight is 331 g/mol. The molecule has 1 aliphatic heterocycles. The lowest BCUT2D eigenvalue weighted by atomic mass is 10.0. The Hall–Kier alpha value is -1.88. The lowest BCUT2D eigenvalue weighted by molar-refractivity contribution is -0.131. The number of nitrogens with one attached hydrogen (secondary N) is 1. The van der Waals surface area contributed by atoms with E-state index in [-0.39, 0.29) is 11.9 Å². The van der Waals surface area contributed by atoms with Gasteiger partial charge in [-0.25, -0.2) is 0 Å². The molecule has 2 aromatic carbocycles. The maximum atomic E-state index is 12.3. The molecular weight excluding hydrogens is 312 g/mol. The number of amides is 1. The van der Waals surface area contributed by atoms with Crippen LogP contribution in [0.1, 0.15) is 18.1 Å². The predicted octanol–water partition coefficient (Wildman–Crippen LogP) is 2.91. The summed E-state index contributed by atoms with van der Waals surface area (Å²) in [6.45, 7) is 0.935. The highest BCUT2D eigenvalue weighted by molar-refractivity contribution is 6.33. The van der Waals surface area contributed by atoms with Crippen LogP contribution in [-0.4, -0.2) is 25.1 Å². The van der Waals surface area contributed by atoms with Crippen molar-refractivity contribution in [3.05, 3.63) is 59.1 Å². The van der Waals surface area contributed by atoms with Gasteiger partial charge in [0.05, 0.1) is 6.61 Å². The molecule has 2 aromatic rings. The van der Waals surface area contributed by atoms with Crippen molar-refractivity contribution in [3.8, 4) is 11.1 Å². The zero-order valence-corrected chi connectivity index (χ0v) is 13.4. The van der Waals surface area contributed by atoms with E-state index in [4.69, 9.17) is 22.1 Å². The zero-order chi connectivity index (χ0) is 16.2. The minimum atomic E-state index is -0.591. The quantitative estimate of drug-likeness (QED) is 0.909. The first-order valence-electron chi connectivity index (χ1n) is 7.66. The molecule has 1 aliphatic rings. The predicted molar refractivity (Wildman–Crippen MR) is 91.2 cm³/mol. The normalized spacial score (nSPS) is 21.6. The minimum absolute atomic E-state index is 0.0186. The molecule has 1 saturated heterocycles. The van der Waals surface area contributed by atoms with Gasteiger partial charge in [-0.1, -0.05) is 54.1 Å². The van der Waals surface area contributed by atoms with Gasteiger partial charge in [-0.05, 0) is 23.6 Å². The van der Waals surface area contributed by atoms with E-state index in [0.29, 0.717) is 18.2 Å². The Morgan fingerprint density at radius 3 is 2.61 bits per heavy atom. The minimum Gasteiger partial charge on any atom is -0.364 e. The molecule has 0 saturated carbocycles. The Morgan fingerprint density at radius 2 is 1.91 bits per heavy atom. The number of rotatable bonds is 3. The Morgan fingerprint density at radius 1 is 1.17 bits per heavy atom. The highest BCUT2D eigenvalue weighted by atomic mass is 35.5. The molecule has 2 unspecified atom stereocenters. The molecule has 1 heterocycles. The number of nitrogens with two attached hydrogens (primary N) is 1. The molecule has 0 aromatic heterocycles. The van der Waals surface area contributed by atoms with Gasteiger partial charge in [0.25, 0.3) is 5.91 Å². The van der Waals surface area contributed by atoms with Crippen molar-refractivity contribution in [1.29, 1.82) is 0 Å². The van der Waals surface area contributed by atoms with Crippen LogP contribution in [0.15, 0.2) is 48.5 Å². The van der Waals surface area contributed by atoms with Crippen molar-refractivity contribution < 1.29 is 9.53 Å². The zero-order valence-electron chi connectivity index (χ0n) is 12.7. The molecule has 23 heavy (non-hydrogen) atoms. The average Bonchev–Trinajstić information content (AvgIpc) is 2.77. The van der Waals surface area contributed by atoms with Crippen molar-refractivity contribution >= 4 is 17.5 Å². The van der Waals surface area contributed by atoms with Crippen LogP contribution in [0.25, 0.3) is 11.1 Å². The lowest BCUT2D eigenvalue weighted by Crippen LogP contribution is -2.40. The Kier molecular flexibility index (Phi) is 4.96. The SMILES string of the molecule is NCC1CCOC(c2ccc(-c3ccccc3Cl)cc2)C(=O)N1. The standard InChI is InChI=1S/C18H19ClN2O2/c19-16-4-2-1-3-15(16)12-5-7-13(8-6-12)17-18(22)21-14(11-20)9-10-23-17/h1-8,14,17H,9-11,20H2,(H,21,22). The van der Waals surface area contributed by atoms with E-state index in [0.717, 1.165) is 23.1 Å². The molecule has 0 radical (unpaired) electrons. The van der Waals surface area contributed by atoms with Gasteiger partial charge in [-0.15, -0.1) is 0 Å². The van der Waals surface area contributed by atoms with Crippen LogP contribution in [0.3, 0.4) is 0 Å². The van der Waals surface area contributed by atoms with Crippen LogP contribution in [0.2, 0.25) is 5.02 Å². The summed E-state index contributed by atoms with van der Waals surface area (Å²) >= 11 is 6.22. The fourth-order valence-corrected chi connectivity index (χ4v) is 2.95. The molecule has 3 rings (SSSR count). The van der Waals surface area contributed by atoms with E-state index in [2.05, 4.69) is 5.32 Å². The maximum Gasteiger partial charge on any atom is 0.254 e. The molecule has 0 bridgehead atoms. The second-order valence-corrected chi connectivity index (χ2v) is 5.99. The van der Waals surface area contributed by atoms with E-state index in [9.17, 15) is 4.79 Å². The molecule has 3 N–H and O–H groups in total. The first-order valence-corrected chi connectivity index (χ1v) is 8.03. The van der Waals surface area contributed by atoms with Crippen LogP contribution in [0.5, 0.6) is 0 Å². The van der Waals surface area contributed by atoms with Gasteiger partial charge in [-0.2, -0.15) is 0 Å². The summed E-state index contributed by atoms with van der Waals surface area (Å²) in [5, 5.41) is 3.63. The molecule has 2 atom stereocenters. The van der Waals surface area contributed by atoms with Crippen LogP contribution >= 0.6 is 11.6 Å². The number of carbonyl (C=O) groups excluding carboxylic acids is 1. The Balaban J connectivity index is 1.82. The molecule has 0 spiro atoms. The number of ether oxygens (including phenoxy) is 1. The van der Waals surface area contributed by atoms with Crippen molar-refractivity contribution in [3.63, 3.8) is 0 Å². The van der Waals surface area contributed by atoms with Crippen LogP contribution in [0, 0.1) is 0 Å². The number of halogens is 1. The molecule has 1 amide bonds. The van der Waals surface area contributed by atoms with Crippen molar-refractivity contribution in [2.24, 2.45) is 5.73 Å². The van der Waals surface area contributed by atoms with Crippen molar-refractivity contribution in [2.45, 2.75) is 18.6 Å². The lowest BCUT2D eigenvalue weighted by Gasteiger charge is -2.16. The molecule has 5 heteroatoms. The van der Waals surface area contributed by atoms with Crippen LogP contribution < -0.4 is 11.1 Å². The van der Waals surface area contributed by atoms with Gasteiger partial charge in [0, 0.05) is 23.2 Å². The van der Waals surface area contributed by atoms with Gasteiger partial charge in [0.15, 0.2) is 6.10 Å². The summed E-state index contributed by atoms with van der Waals surface area (Å²) in [7, 11) is 0.